The van der Waals surface area contributed by atoms with Gasteiger partial charge in [-0.1, -0.05) is 0 Å². The van der Waals surface area contributed by atoms with Gasteiger partial charge in [-0.2, -0.15) is 0 Å². The summed E-state index contributed by atoms with van der Waals surface area (Å²) in [4.78, 5) is 14.1. The Kier molecular flexibility index (Phi) is 4.55. The number of amides is 1. The summed E-state index contributed by atoms with van der Waals surface area (Å²) in [7, 11) is 0. The highest BCUT2D eigenvalue weighted by atomic mass is 16.5. The highest BCUT2D eigenvalue weighted by Gasteiger charge is 2.33. The van der Waals surface area contributed by atoms with Crippen LogP contribution >= 0.6 is 0 Å². The lowest BCUT2D eigenvalue weighted by atomic mass is 10.1. The first-order valence-corrected chi connectivity index (χ1v) is 6.62. The number of carbonyl (C=O) groups is 1. The van der Waals surface area contributed by atoms with E-state index < -0.39 is 0 Å². The van der Waals surface area contributed by atoms with E-state index in [2.05, 4.69) is 17.6 Å². The molecule has 2 aliphatic rings. The highest BCUT2D eigenvalue weighted by molar-refractivity contribution is 5.82. The van der Waals surface area contributed by atoms with Crippen LogP contribution in [0.5, 0.6) is 0 Å². The number of rotatable bonds is 2. The summed E-state index contributed by atoms with van der Waals surface area (Å²) in [5.41, 5.74) is 0. The minimum absolute atomic E-state index is 0.0182. The summed E-state index contributed by atoms with van der Waals surface area (Å²) in [5.74, 6) is 0.100. The molecule has 2 rings (SSSR count). The smallest absolute Gasteiger partial charge is 0.241 e. The maximum atomic E-state index is 12.4. The molecule has 104 valence electrons. The van der Waals surface area contributed by atoms with E-state index in [1.165, 1.54) is 0 Å². The first-order valence-electron chi connectivity index (χ1n) is 6.62. The highest BCUT2D eigenvalue weighted by Crippen LogP contribution is 2.12. The number of morpholine rings is 1. The van der Waals surface area contributed by atoms with Gasteiger partial charge in [-0.15, -0.1) is 0 Å². The minimum Gasteiger partial charge on any atom is -0.394 e. The zero-order chi connectivity index (χ0) is 13.1. The Labute approximate surface area is 108 Å². The van der Waals surface area contributed by atoms with E-state index in [1.807, 2.05) is 6.92 Å². The van der Waals surface area contributed by atoms with E-state index in [9.17, 15) is 4.79 Å². The predicted molar refractivity (Wildman–Crippen MR) is 67.3 cm³/mol. The predicted octanol–water partition coefficient (Wildman–Crippen LogP) is -1.46. The van der Waals surface area contributed by atoms with Gasteiger partial charge in [-0.3, -0.25) is 4.79 Å². The van der Waals surface area contributed by atoms with Crippen molar-refractivity contribution in [2.24, 2.45) is 0 Å². The number of ether oxygens (including phenoxy) is 1. The molecule has 6 nitrogen and oxygen atoms in total. The molecule has 3 N–H and O–H groups in total. The third kappa shape index (κ3) is 3.20. The van der Waals surface area contributed by atoms with Gasteiger partial charge in [0.15, 0.2) is 0 Å². The molecule has 0 radical (unpaired) electrons. The van der Waals surface area contributed by atoms with Crippen molar-refractivity contribution in [1.82, 2.24) is 15.5 Å². The van der Waals surface area contributed by atoms with E-state index in [1.54, 1.807) is 4.90 Å². The van der Waals surface area contributed by atoms with Crippen LogP contribution < -0.4 is 10.6 Å². The zero-order valence-corrected chi connectivity index (χ0v) is 11.1. The molecule has 2 aliphatic heterocycles. The summed E-state index contributed by atoms with van der Waals surface area (Å²) in [6, 6.07) is 0.244. The lowest BCUT2D eigenvalue weighted by molar-refractivity contribution is -0.149. The van der Waals surface area contributed by atoms with E-state index in [0.717, 1.165) is 6.54 Å². The van der Waals surface area contributed by atoms with Crippen molar-refractivity contribution in [3.8, 4) is 0 Å². The van der Waals surface area contributed by atoms with Crippen molar-refractivity contribution in [3.63, 3.8) is 0 Å². The van der Waals surface area contributed by atoms with Crippen molar-refractivity contribution >= 4 is 5.91 Å². The molecule has 0 aromatic heterocycles. The molecule has 0 saturated carbocycles. The fourth-order valence-electron chi connectivity index (χ4n) is 2.50. The Bertz CT molecular complexity index is 292. The Balaban J connectivity index is 1.91. The van der Waals surface area contributed by atoms with Gasteiger partial charge in [0.2, 0.25) is 5.91 Å². The monoisotopic (exact) mass is 257 g/mol. The van der Waals surface area contributed by atoms with Crippen molar-refractivity contribution in [3.05, 3.63) is 0 Å². The average Bonchev–Trinajstić information content (AvgIpc) is 2.38. The molecule has 2 heterocycles. The Hall–Kier alpha value is -0.690. The Morgan fingerprint density at radius 3 is 2.72 bits per heavy atom. The van der Waals surface area contributed by atoms with Crippen LogP contribution in [-0.4, -0.2) is 73.0 Å². The van der Waals surface area contributed by atoms with Crippen molar-refractivity contribution < 1.29 is 14.6 Å². The third-order valence-electron chi connectivity index (χ3n) is 3.48. The number of aliphatic hydroxyl groups is 1. The molecule has 4 atom stereocenters. The quantitative estimate of drug-likeness (QED) is 0.564. The number of nitrogens with one attached hydrogen (secondary N) is 2. The molecule has 0 aromatic rings. The molecule has 4 unspecified atom stereocenters. The fourth-order valence-corrected chi connectivity index (χ4v) is 2.50. The van der Waals surface area contributed by atoms with Crippen LogP contribution in [0.3, 0.4) is 0 Å². The van der Waals surface area contributed by atoms with Crippen LogP contribution in [0.25, 0.3) is 0 Å². The molecule has 2 fully saturated rings. The number of aliphatic hydroxyl groups excluding tert-OH is 1. The second-order valence-electron chi connectivity index (χ2n) is 5.26. The van der Waals surface area contributed by atoms with Gasteiger partial charge in [-0.05, 0) is 13.8 Å². The molecule has 18 heavy (non-hydrogen) atoms. The molecular formula is C12H23N3O3. The number of carbonyl (C=O) groups excluding carboxylic acids is 1. The van der Waals surface area contributed by atoms with Crippen LogP contribution in [-0.2, 0) is 9.53 Å². The Morgan fingerprint density at radius 1 is 1.33 bits per heavy atom. The van der Waals surface area contributed by atoms with Crippen molar-refractivity contribution in [2.75, 3.05) is 32.8 Å². The molecular weight excluding hydrogens is 234 g/mol. The second-order valence-corrected chi connectivity index (χ2v) is 5.26. The summed E-state index contributed by atoms with van der Waals surface area (Å²) >= 11 is 0. The standard InChI is InChI=1S/C12H23N3O3/c1-8-3-14-11(4-13-8)12(17)15-5-9(2)18-10(6-15)7-16/h8-11,13-14,16H,3-7H2,1-2H3. The van der Waals surface area contributed by atoms with Crippen LogP contribution in [0.1, 0.15) is 13.8 Å². The second kappa shape index (κ2) is 5.97. The summed E-state index contributed by atoms with van der Waals surface area (Å²) in [5, 5.41) is 15.7. The lowest BCUT2D eigenvalue weighted by Gasteiger charge is -2.39. The largest absolute Gasteiger partial charge is 0.394 e. The lowest BCUT2D eigenvalue weighted by Crippen LogP contribution is -2.62. The number of hydrogen-bond donors (Lipinski definition) is 3. The maximum absolute atomic E-state index is 12.4. The summed E-state index contributed by atoms with van der Waals surface area (Å²) in [6.45, 7) is 6.52. The SMILES string of the molecule is CC1CNC(C(=O)N2CC(C)OC(CO)C2)CN1. The maximum Gasteiger partial charge on any atom is 0.241 e. The van der Waals surface area contributed by atoms with Gasteiger partial charge in [0.05, 0.1) is 24.9 Å². The van der Waals surface area contributed by atoms with E-state index in [0.29, 0.717) is 25.7 Å². The normalized spacial score (nSPS) is 37.6. The number of nitrogens with zero attached hydrogens (tertiary/aromatic N) is 1. The summed E-state index contributed by atoms with van der Waals surface area (Å²) < 4.78 is 5.54. The summed E-state index contributed by atoms with van der Waals surface area (Å²) in [6.07, 6.45) is -0.275. The molecule has 2 saturated heterocycles. The molecule has 0 spiro atoms. The van der Waals surface area contributed by atoms with Crippen LogP contribution in [0.2, 0.25) is 0 Å². The topological polar surface area (TPSA) is 73.8 Å². The van der Waals surface area contributed by atoms with Gasteiger partial charge in [-0.25, -0.2) is 0 Å². The number of piperazine rings is 1. The zero-order valence-electron chi connectivity index (χ0n) is 11.1. The van der Waals surface area contributed by atoms with Crippen LogP contribution in [0.15, 0.2) is 0 Å². The van der Waals surface area contributed by atoms with Crippen LogP contribution in [0, 0.1) is 0 Å². The average molecular weight is 257 g/mol. The molecule has 6 heteroatoms. The van der Waals surface area contributed by atoms with Crippen LogP contribution in [0.4, 0.5) is 0 Å². The molecule has 1 amide bonds. The van der Waals surface area contributed by atoms with Gasteiger partial charge in [0.1, 0.15) is 0 Å². The third-order valence-corrected chi connectivity index (χ3v) is 3.48. The van der Waals surface area contributed by atoms with Gasteiger partial charge in [0, 0.05) is 32.2 Å². The van der Waals surface area contributed by atoms with E-state index in [4.69, 9.17) is 9.84 Å². The number of hydrogen-bond acceptors (Lipinski definition) is 5. The van der Waals surface area contributed by atoms with Gasteiger partial charge < -0.3 is 25.4 Å². The van der Waals surface area contributed by atoms with Gasteiger partial charge in [0.25, 0.3) is 0 Å². The van der Waals surface area contributed by atoms with E-state index >= 15 is 0 Å². The first kappa shape index (κ1) is 13.7. The first-order chi connectivity index (χ1) is 8.60. The minimum atomic E-state index is -0.256. The molecule has 0 bridgehead atoms. The molecule has 0 aromatic carbocycles. The Morgan fingerprint density at radius 2 is 2.11 bits per heavy atom. The van der Waals surface area contributed by atoms with Gasteiger partial charge >= 0.3 is 0 Å². The fraction of sp³-hybridized carbons (Fsp3) is 0.917. The van der Waals surface area contributed by atoms with Crippen molar-refractivity contribution in [2.45, 2.75) is 38.1 Å². The van der Waals surface area contributed by atoms with E-state index in [-0.39, 0.29) is 30.8 Å². The van der Waals surface area contributed by atoms with Crippen molar-refractivity contribution in [1.29, 1.82) is 0 Å². The molecule has 0 aliphatic carbocycles.